The molecule has 0 atom stereocenters. The third-order valence-corrected chi connectivity index (χ3v) is 3.34. The predicted molar refractivity (Wildman–Crippen MR) is 75.0 cm³/mol. The number of anilines is 1. The van der Waals surface area contributed by atoms with Crippen LogP contribution in [0.25, 0.3) is 0 Å². The van der Waals surface area contributed by atoms with Gasteiger partial charge in [-0.3, -0.25) is 9.78 Å². The summed E-state index contributed by atoms with van der Waals surface area (Å²) in [5, 5.41) is 3.12. The molecule has 2 aromatic heterocycles. The van der Waals surface area contributed by atoms with Gasteiger partial charge in [0.25, 0.3) is 5.91 Å². The Balaban J connectivity index is 2.21. The van der Waals surface area contributed by atoms with E-state index in [1.807, 2.05) is 6.92 Å². The fourth-order valence-corrected chi connectivity index (χ4v) is 2.45. The van der Waals surface area contributed by atoms with Crippen LogP contribution in [0.3, 0.4) is 0 Å². The summed E-state index contributed by atoms with van der Waals surface area (Å²) in [6, 6.07) is 1.69. The minimum absolute atomic E-state index is 0.188. The van der Waals surface area contributed by atoms with Crippen molar-refractivity contribution in [3.8, 4) is 0 Å². The van der Waals surface area contributed by atoms with Gasteiger partial charge < -0.3 is 10.1 Å². The van der Waals surface area contributed by atoms with Crippen molar-refractivity contribution in [2.75, 3.05) is 11.9 Å². The van der Waals surface area contributed by atoms with Gasteiger partial charge in [0.1, 0.15) is 10.7 Å². The number of rotatable bonds is 4. The third-order valence-electron chi connectivity index (χ3n) is 2.37. The number of carbonyl (C=O) groups excluding carboxylic acids is 2. The van der Waals surface area contributed by atoms with Crippen molar-refractivity contribution in [2.45, 2.75) is 13.8 Å². The van der Waals surface area contributed by atoms with Crippen LogP contribution in [0.15, 0.2) is 24.7 Å². The number of hydrogen-bond acceptors (Lipinski definition) is 6. The lowest BCUT2D eigenvalue weighted by Gasteiger charge is -2.05. The van der Waals surface area contributed by atoms with Crippen molar-refractivity contribution >= 4 is 28.2 Å². The van der Waals surface area contributed by atoms with E-state index in [2.05, 4.69) is 15.3 Å². The van der Waals surface area contributed by atoms with Crippen molar-refractivity contribution in [2.24, 2.45) is 0 Å². The second-order valence-corrected chi connectivity index (χ2v) is 5.12. The number of amides is 1. The molecule has 0 aliphatic rings. The van der Waals surface area contributed by atoms with E-state index in [-0.39, 0.29) is 12.3 Å². The Bertz CT molecular complexity index is 625. The van der Waals surface area contributed by atoms with E-state index in [1.165, 1.54) is 29.9 Å². The second kappa shape index (κ2) is 6.25. The van der Waals surface area contributed by atoms with E-state index in [0.717, 1.165) is 4.88 Å². The Morgan fingerprint density at radius 2 is 2.20 bits per heavy atom. The number of ether oxygens (including phenoxy) is 1. The van der Waals surface area contributed by atoms with Gasteiger partial charge in [-0.25, -0.2) is 9.78 Å². The summed E-state index contributed by atoms with van der Waals surface area (Å²) in [7, 11) is 0. The fraction of sp³-hybridized carbons (Fsp3) is 0.231. The van der Waals surface area contributed by atoms with Crippen LogP contribution in [0.5, 0.6) is 0 Å². The largest absolute Gasteiger partial charge is 0.462 e. The Morgan fingerprint density at radius 1 is 1.40 bits per heavy atom. The summed E-state index contributed by atoms with van der Waals surface area (Å²) in [4.78, 5) is 32.4. The summed E-state index contributed by atoms with van der Waals surface area (Å²) < 4.78 is 4.96. The van der Waals surface area contributed by atoms with Gasteiger partial charge in [0, 0.05) is 17.3 Å². The maximum Gasteiger partial charge on any atom is 0.341 e. The zero-order valence-corrected chi connectivity index (χ0v) is 11.9. The van der Waals surface area contributed by atoms with Crippen LogP contribution >= 0.6 is 11.3 Å². The average Bonchev–Trinajstić information content (AvgIpc) is 2.81. The first-order chi connectivity index (χ1) is 9.61. The van der Waals surface area contributed by atoms with Gasteiger partial charge in [0.2, 0.25) is 0 Å². The highest BCUT2D eigenvalue weighted by Gasteiger charge is 2.18. The lowest BCUT2D eigenvalue weighted by Crippen LogP contribution is -2.15. The molecule has 0 aliphatic heterocycles. The van der Waals surface area contributed by atoms with Crippen LogP contribution in [0.2, 0.25) is 0 Å². The molecular weight excluding hydrogens is 278 g/mol. The lowest BCUT2D eigenvalue weighted by molar-refractivity contribution is 0.0528. The molecule has 0 unspecified atom stereocenters. The van der Waals surface area contributed by atoms with Crippen LogP contribution < -0.4 is 5.32 Å². The summed E-state index contributed by atoms with van der Waals surface area (Å²) in [6.45, 7) is 3.87. The number of thiophene rings is 1. The number of aryl methyl sites for hydroxylation is 1. The molecule has 1 amide bonds. The minimum atomic E-state index is -0.453. The van der Waals surface area contributed by atoms with Gasteiger partial charge in [0.15, 0.2) is 0 Å². The normalized spacial score (nSPS) is 10.1. The summed E-state index contributed by atoms with van der Waals surface area (Å²) in [6.07, 6.45) is 4.27. The number of carbonyl (C=O) groups is 2. The first kappa shape index (κ1) is 14.1. The van der Waals surface area contributed by atoms with Gasteiger partial charge in [-0.05, 0) is 19.9 Å². The van der Waals surface area contributed by atoms with E-state index in [4.69, 9.17) is 4.74 Å². The Labute approximate surface area is 119 Å². The third kappa shape index (κ3) is 3.18. The number of nitrogens with one attached hydrogen (secondary N) is 1. The zero-order valence-electron chi connectivity index (χ0n) is 11.0. The topological polar surface area (TPSA) is 81.2 Å². The van der Waals surface area contributed by atoms with Crippen molar-refractivity contribution in [3.63, 3.8) is 0 Å². The van der Waals surface area contributed by atoms with Crippen molar-refractivity contribution < 1.29 is 14.3 Å². The molecule has 0 aliphatic carbocycles. The molecule has 0 bridgehead atoms. The molecule has 0 fully saturated rings. The van der Waals surface area contributed by atoms with Crippen LogP contribution in [0.4, 0.5) is 5.00 Å². The maximum atomic E-state index is 12.0. The van der Waals surface area contributed by atoms with E-state index < -0.39 is 11.9 Å². The quantitative estimate of drug-likeness (QED) is 0.874. The van der Waals surface area contributed by atoms with Crippen molar-refractivity contribution in [1.82, 2.24) is 9.97 Å². The molecule has 20 heavy (non-hydrogen) atoms. The predicted octanol–water partition coefficient (Wildman–Crippen LogP) is 2.28. The van der Waals surface area contributed by atoms with Gasteiger partial charge in [-0.15, -0.1) is 11.3 Å². The van der Waals surface area contributed by atoms with E-state index >= 15 is 0 Å². The van der Waals surface area contributed by atoms with E-state index in [0.29, 0.717) is 10.6 Å². The summed E-state index contributed by atoms with van der Waals surface area (Å²) in [5.74, 6) is -0.864. The molecule has 0 radical (unpaired) electrons. The molecule has 0 aromatic carbocycles. The molecule has 6 nitrogen and oxygen atoms in total. The number of esters is 1. The second-order valence-electron chi connectivity index (χ2n) is 3.87. The summed E-state index contributed by atoms with van der Waals surface area (Å²) >= 11 is 1.31. The number of aromatic nitrogens is 2. The van der Waals surface area contributed by atoms with Gasteiger partial charge >= 0.3 is 5.97 Å². The molecule has 0 saturated heterocycles. The molecular formula is C13H13N3O3S. The first-order valence-corrected chi connectivity index (χ1v) is 6.78. The first-order valence-electron chi connectivity index (χ1n) is 5.96. The zero-order chi connectivity index (χ0) is 14.5. The smallest absolute Gasteiger partial charge is 0.341 e. The molecule has 0 spiro atoms. The Kier molecular flexibility index (Phi) is 4.41. The van der Waals surface area contributed by atoms with Crippen LogP contribution in [-0.2, 0) is 4.74 Å². The molecule has 7 heteroatoms. The average molecular weight is 291 g/mol. The Morgan fingerprint density at radius 3 is 2.85 bits per heavy atom. The van der Waals surface area contributed by atoms with Gasteiger partial charge in [0.05, 0.1) is 18.4 Å². The highest BCUT2D eigenvalue weighted by Crippen LogP contribution is 2.28. The molecule has 0 saturated carbocycles. The highest BCUT2D eigenvalue weighted by molar-refractivity contribution is 7.16. The van der Waals surface area contributed by atoms with Crippen LogP contribution in [0.1, 0.15) is 32.6 Å². The van der Waals surface area contributed by atoms with Crippen LogP contribution in [-0.4, -0.2) is 28.5 Å². The molecule has 104 valence electrons. The van der Waals surface area contributed by atoms with Crippen molar-refractivity contribution in [1.29, 1.82) is 0 Å². The number of nitrogens with zero attached hydrogens (tertiary/aromatic N) is 2. The summed E-state index contributed by atoms with van der Waals surface area (Å²) in [5.41, 5.74) is 0.542. The monoisotopic (exact) mass is 291 g/mol. The molecule has 2 aromatic rings. The van der Waals surface area contributed by atoms with Gasteiger partial charge in [-0.2, -0.15) is 0 Å². The molecule has 2 rings (SSSR count). The highest BCUT2D eigenvalue weighted by atomic mass is 32.1. The van der Waals surface area contributed by atoms with Crippen LogP contribution in [0, 0.1) is 6.92 Å². The molecule has 2 heterocycles. The maximum absolute atomic E-state index is 12.0. The van der Waals surface area contributed by atoms with E-state index in [9.17, 15) is 9.59 Å². The van der Waals surface area contributed by atoms with Crippen molar-refractivity contribution in [3.05, 3.63) is 40.8 Å². The fourth-order valence-electron chi connectivity index (χ4n) is 1.55. The Hall–Kier alpha value is -2.28. The van der Waals surface area contributed by atoms with Gasteiger partial charge in [-0.1, -0.05) is 0 Å². The molecule has 1 N–H and O–H groups in total. The number of hydrogen-bond donors (Lipinski definition) is 1. The lowest BCUT2D eigenvalue weighted by atomic mass is 10.3. The SMILES string of the molecule is CCOC(=O)c1cc(C)sc1NC(=O)c1cnccn1. The van der Waals surface area contributed by atoms with E-state index in [1.54, 1.807) is 13.0 Å². The minimum Gasteiger partial charge on any atom is -0.462 e. The standard InChI is InChI=1S/C13H13N3O3S/c1-3-19-13(18)9-6-8(2)20-12(9)16-11(17)10-7-14-4-5-15-10/h4-7H,3H2,1-2H3,(H,16,17).